The van der Waals surface area contributed by atoms with Gasteiger partial charge in [0.25, 0.3) is 0 Å². The topological polar surface area (TPSA) is 73.9 Å². The minimum Gasteiger partial charge on any atom is -0.495 e. The average molecular weight is 341 g/mol. The van der Waals surface area contributed by atoms with E-state index < -0.39 is 29.3 Å². The SMILES string of the molecule is C=C(/C=C/C(CC(=O)OC(C)(C)C)NC(=O)OC(C)(C)C)OCC. The zero-order chi connectivity index (χ0) is 19.0. The summed E-state index contributed by atoms with van der Waals surface area (Å²) in [6.45, 7) is 16.7. The molecule has 0 aromatic rings. The molecular formula is C18H31NO5. The van der Waals surface area contributed by atoms with Gasteiger partial charge in [-0.2, -0.15) is 0 Å². The fraction of sp³-hybridized carbons (Fsp3) is 0.667. The molecule has 0 aliphatic carbocycles. The van der Waals surface area contributed by atoms with Crippen LogP contribution in [0.25, 0.3) is 0 Å². The van der Waals surface area contributed by atoms with Crippen molar-refractivity contribution in [3.63, 3.8) is 0 Å². The van der Waals surface area contributed by atoms with Crippen LogP contribution in [0.3, 0.4) is 0 Å². The summed E-state index contributed by atoms with van der Waals surface area (Å²) in [5.41, 5.74) is -1.22. The number of carbonyl (C=O) groups excluding carboxylic acids is 2. The molecule has 6 heteroatoms. The van der Waals surface area contributed by atoms with Crippen LogP contribution in [0.4, 0.5) is 4.79 Å². The van der Waals surface area contributed by atoms with Crippen LogP contribution in [0, 0.1) is 0 Å². The van der Waals surface area contributed by atoms with E-state index in [0.29, 0.717) is 12.4 Å². The molecule has 0 radical (unpaired) electrons. The maximum absolute atomic E-state index is 12.0. The lowest BCUT2D eigenvalue weighted by atomic mass is 10.1. The highest BCUT2D eigenvalue weighted by molar-refractivity contribution is 5.73. The molecule has 0 aliphatic rings. The van der Waals surface area contributed by atoms with Crippen LogP contribution in [-0.4, -0.2) is 35.9 Å². The van der Waals surface area contributed by atoms with E-state index in [2.05, 4.69) is 11.9 Å². The van der Waals surface area contributed by atoms with E-state index >= 15 is 0 Å². The van der Waals surface area contributed by atoms with Gasteiger partial charge < -0.3 is 19.5 Å². The lowest BCUT2D eigenvalue weighted by Crippen LogP contribution is -2.40. The van der Waals surface area contributed by atoms with Crippen molar-refractivity contribution in [2.75, 3.05) is 6.61 Å². The third-order valence-corrected chi connectivity index (χ3v) is 2.35. The fourth-order valence-corrected chi connectivity index (χ4v) is 1.65. The first-order chi connectivity index (χ1) is 10.8. The number of allylic oxidation sites excluding steroid dienone is 1. The third-order valence-electron chi connectivity index (χ3n) is 2.35. The zero-order valence-corrected chi connectivity index (χ0v) is 15.9. The van der Waals surface area contributed by atoms with Gasteiger partial charge in [0.15, 0.2) is 0 Å². The summed E-state index contributed by atoms with van der Waals surface area (Å²) in [5, 5.41) is 2.64. The van der Waals surface area contributed by atoms with Gasteiger partial charge in [0.1, 0.15) is 17.0 Å². The molecule has 0 rings (SSSR count). The highest BCUT2D eigenvalue weighted by Crippen LogP contribution is 2.12. The minimum absolute atomic E-state index is 0.0214. The van der Waals surface area contributed by atoms with E-state index in [1.54, 1.807) is 53.7 Å². The number of ether oxygens (including phenoxy) is 3. The summed E-state index contributed by atoms with van der Waals surface area (Å²) in [5.74, 6) is 0.0212. The molecule has 24 heavy (non-hydrogen) atoms. The van der Waals surface area contributed by atoms with Crippen molar-refractivity contribution in [2.24, 2.45) is 0 Å². The highest BCUT2D eigenvalue weighted by atomic mass is 16.6. The molecule has 1 N–H and O–H groups in total. The molecule has 138 valence electrons. The van der Waals surface area contributed by atoms with Crippen molar-refractivity contribution >= 4 is 12.1 Å². The normalized spacial score (nSPS) is 13.3. The van der Waals surface area contributed by atoms with Crippen LogP contribution in [-0.2, 0) is 19.0 Å². The molecule has 1 atom stereocenters. The maximum Gasteiger partial charge on any atom is 0.408 e. The highest BCUT2D eigenvalue weighted by Gasteiger charge is 2.23. The van der Waals surface area contributed by atoms with Gasteiger partial charge in [-0.05, 0) is 54.5 Å². The Labute approximate surface area is 145 Å². The molecule has 0 saturated heterocycles. The Morgan fingerprint density at radius 1 is 1.08 bits per heavy atom. The summed E-state index contributed by atoms with van der Waals surface area (Å²) in [4.78, 5) is 23.9. The molecule has 0 fully saturated rings. The molecule has 1 unspecified atom stereocenters. The predicted molar refractivity (Wildman–Crippen MR) is 93.5 cm³/mol. The van der Waals surface area contributed by atoms with Gasteiger partial charge in [0.05, 0.1) is 19.1 Å². The number of nitrogens with one attached hydrogen (secondary N) is 1. The monoisotopic (exact) mass is 341 g/mol. The Morgan fingerprint density at radius 3 is 2.08 bits per heavy atom. The summed E-state index contributed by atoms with van der Waals surface area (Å²) < 4.78 is 15.7. The van der Waals surface area contributed by atoms with E-state index in [0.717, 1.165) is 0 Å². The smallest absolute Gasteiger partial charge is 0.408 e. The Hall–Kier alpha value is -1.98. The van der Waals surface area contributed by atoms with Gasteiger partial charge in [0, 0.05) is 0 Å². The second-order valence-electron chi connectivity index (χ2n) is 7.30. The van der Waals surface area contributed by atoms with Crippen molar-refractivity contribution in [2.45, 2.75) is 72.1 Å². The minimum atomic E-state index is -0.626. The molecule has 0 bridgehead atoms. The van der Waals surface area contributed by atoms with Crippen molar-refractivity contribution in [3.05, 3.63) is 24.5 Å². The Balaban J connectivity index is 4.92. The van der Waals surface area contributed by atoms with Crippen LogP contribution >= 0.6 is 0 Å². The van der Waals surface area contributed by atoms with Crippen LogP contribution < -0.4 is 5.32 Å². The van der Waals surface area contributed by atoms with Gasteiger partial charge in [-0.25, -0.2) is 4.79 Å². The van der Waals surface area contributed by atoms with Crippen molar-refractivity contribution < 1.29 is 23.8 Å². The third kappa shape index (κ3) is 12.6. The van der Waals surface area contributed by atoms with E-state index in [9.17, 15) is 9.59 Å². The van der Waals surface area contributed by atoms with Gasteiger partial charge >= 0.3 is 12.1 Å². The average Bonchev–Trinajstić information content (AvgIpc) is 2.31. The maximum atomic E-state index is 12.0. The Kier molecular flexibility index (Phi) is 8.58. The molecule has 0 heterocycles. The van der Waals surface area contributed by atoms with Crippen molar-refractivity contribution in [1.29, 1.82) is 0 Å². The van der Waals surface area contributed by atoms with Crippen LogP contribution in [0.1, 0.15) is 54.9 Å². The molecule has 0 saturated carbocycles. The van der Waals surface area contributed by atoms with Gasteiger partial charge in [0.2, 0.25) is 0 Å². The number of rotatable bonds is 7. The van der Waals surface area contributed by atoms with Crippen molar-refractivity contribution in [3.8, 4) is 0 Å². The molecular weight excluding hydrogens is 310 g/mol. The van der Waals surface area contributed by atoms with Crippen LogP contribution in [0.5, 0.6) is 0 Å². The van der Waals surface area contributed by atoms with E-state index in [-0.39, 0.29) is 6.42 Å². The number of hydrogen-bond acceptors (Lipinski definition) is 5. The first kappa shape index (κ1) is 22.0. The molecule has 0 spiro atoms. The summed E-state index contributed by atoms with van der Waals surface area (Å²) in [7, 11) is 0. The number of amides is 1. The molecule has 1 amide bonds. The summed E-state index contributed by atoms with van der Waals surface area (Å²) >= 11 is 0. The van der Waals surface area contributed by atoms with E-state index in [4.69, 9.17) is 14.2 Å². The second-order valence-corrected chi connectivity index (χ2v) is 7.30. The number of hydrogen-bond donors (Lipinski definition) is 1. The standard InChI is InChI=1S/C18H31NO5/c1-9-22-13(2)10-11-14(12-15(20)23-17(3,4)5)19-16(21)24-18(6,7)8/h10-11,14H,2,9,12H2,1,3-8H3,(H,19,21)/b11-10+. The van der Waals surface area contributed by atoms with Crippen LogP contribution in [0.15, 0.2) is 24.5 Å². The van der Waals surface area contributed by atoms with Gasteiger partial charge in [-0.15, -0.1) is 0 Å². The van der Waals surface area contributed by atoms with Crippen LogP contribution in [0.2, 0.25) is 0 Å². The first-order valence-corrected chi connectivity index (χ1v) is 8.03. The predicted octanol–water partition coefficient (Wildman–Crippen LogP) is 3.72. The van der Waals surface area contributed by atoms with Gasteiger partial charge in [-0.3, -0.25) is 4.79 Å². The number of alkyl carbamates (subject to hydrolysis) is 1. The summed E-state index contributed by atoms with van der Waals surface area (Å²) in [6.07, 6.45) is 2.61. The zero-order valence-electron chi connectivity index (χ0n) is 15.9. The fourth-order valence-electron chi connectivity index (χ4n) is 1.65. The number of carbonyl (C=O) groups is 2. The molecule has 0 aromatic carbocycles. The van der Waals surface area contributed by atoms with Gasteiger partial charge in [-0.1, -0.05) is 12.7 Å². The molecule has 0 aromatic heterocycles. The van der Waals surface area contributed by atoms with E-state index in [1.807, 2.05) is 6.92 Å². The Bertz CT molecular complexity index is 439. The Morgan fingerprint density at radius 2 is 1.62 bits per heavy atom. The van der Waals surface area contributed by atoms with E-state index in [1.165, 1.54) is 0 Å². The van der Waals surface area contributed by atoms with Crippen molar-refractivity contribution in [1.82, 2.24) is 5.32 Å². The molecule has 0 aliphatic heterocycles. The quantitative estimate of drug-likeness (QED) is 0.434. The lowest BCUT2D eigenvalue weighted by Gasteiger charge is -2.24. The molecule has 6 nitrogen and oxygen atoms in total. The first-order valence-electron chi connectivity index (χ1n) is 8.03. The number of esters is 1. The lowest BCUT2D eigenvalue weighted by molar-refractivity contribution is -0.155. The largest absolute Gasteiger partial charge is 0.495 e. The summed E-state index contributed by atoms with van der Waals surface area (Å²) in [6, 6.07) is -0.591. The second kappa shape index (κ2) is 9.35.